The molecule has 3 nitrogen and oxygen atoms in total. The van der Waals surface area contributed by atoms with Crippen molar-refractivity contribution < 1.29 is 22.5 Å². The van der Waals surface area contributed by atoms with E-state index in [1.807, 2.05) is 109 Å². The van der Waals surface area contributed by atoms with E-state index < -0.39 is 12.1 Å². The van der Waals surface area contributed by atoms with Crippen LogP contribution in [0.2, 0.25) is 0 Å². The molecule has 21 aromatic rings. The van der Waals surface area contributed by atoms with E-state index in [9.17, 15) is 0 Å². The van der Waals surface area contributed by atoms with E-state index in [2.05, 4.69) is 205 Å². The second kappa shape index (κ2) is 23.7. The van der Waals surface area contributed by atoms with E-state index in [4.69, 9.17) is 22.5 Å². The van der Waals surface area contributed by atoms with E-state index in [1.165, 1.54) is 10.8 Å². The number of hydrogen-bond donors (Lipinski definition) is 0. The van der Waals surface area contributed by atoms with E-state index in [0.29, 0.717) is 11.1 Å². The molecule has 3 aromatic heterocycles. The molecule has 0 atom stereocenters. The van der Waals surface area contributed by atoms with Crippen LogP contribution in [0.3, 0.4) is 0 Å². The molecule has 0 saturated heterocycles. The lowest BCUT2D eigenvalue weighted by Gasteiger charge is -2.19. The first-order valence-corrected chi connectivity index (χ1v) is 33.9. The molecule has 0 fully saturated rings. The van der Waals surface area contributed by atoms with Crippen molar-refractivity contribution in [1.82, 2.24) is 4.57 Å². The Bertz CT molecular complexity index is 7320. The van der Waals surface area contributed by atoms with Gasteiger partial charge >= 0.3 is 0 Å². The number of rotatable bonds is 8. The Balaban J connectivity index is 0.000000145. The second-order valence-electron chi connectivity index (χ2n) is 25.6. The van der Waals surface area contributed by atoms with Gasteiger partial charge in [0.25, 0.3) is 0 Å². The van der Waals surface area contributed by atoms with E-state index >= 15 is 0 Å². The molecule has 0 aliphatic rings. The summed E-state index contributed by atoms with van der Waals surface area (Å²) in [5.74, 6) is 0. The first kappa shape index (κ1) is 48.4. The molecule has 0 aliphatic carbocycles. The molecule has 18 aromatic carbocycles. The Morgan fingerprint density at radius 1 is 0.218 bits per heavy atom. The highest BCUT2D eigenvalue weighted by molar-refractivity contribution is 6.26. The van der Waals surface area contributed by atoms with Crippen molar-refractivity contribution in [1.29, 1.82) is 0 Å². The summed E-state index contributed by atoms with van der Waals surface area (Å²) in [5, 5.41) is 15.7. The molecule has 21 rings (SSSR count). The fourth-order valence-corrected chi connectivity index (χ4v) is 16.1. The van der Waals surface area contributed by atoms with E-state index in [0.717, 1.165) is 170 Å². The van der Waals surface area contributed by atoms with Crippen LogP contribution in [0.25, 0.3) is 203 Å². The number of hydrogen-bond acceptors (Lipinski definition) is 2. The van der Waals surface area contributed by atoms with Crippen LogP contribution in [0.4, 0.5) is 0 Å². The van der Waals surface area contributed by atoms with Gasteiger partial charge in [0, 0.05) is 38.1 Å². The minimum atomic E-state index is -0.405. The Kier molecular flexibility index (Phi) is 11.4. The van der Waals surface area contributed by atoms with Crippen LogP contribution in [-0.4, -0.2) is 4.57 Å². The summed E-state index contributed by atoms with van der Waals surface area (Å²) < 4.78 is 102. The monoisotopic (exact) mass is 1290 g/mol. The quantitative estimate of drug-likeness (QED) is 0.142. The van der Waals surface area contributed by atoms with Gasteiger partial charge in [0.15, 0.2) is 0 Å². The standard InChI is InChI=1S/C50H31NO.C48H30O/c1-2-15-32(16-3-1)47-38-21-4-6-23-40(38)48(41-24-7-5-22-39(41)47)34-18-14-17-33(31-34)35-29-30-46-49(42-25-10-13-28-45(42)52-46)50(35)51-43-26-11-8-19-36(43)37-20-9-12-27-44(37)51;1-3-15-31(16-4-1)33-25-13-27-43-47-37(26-14-28-44(47)49-48(33)43)36-29-30-42(35-20-8-7-19-34(35)36)46-40-23-11-9-21-38(40)45(32-17-5-2-6-18-32)39-22-10-12-24-41(39)46/h1-31H;1-30H/i1D,2D,3D,15D,16D;2D,5D,6D,17D,18D. The maximum atomic E-state index is 8.96. The molecule has 3 heteroatoms. The van der Waals surface area contributed by atoms with Crippen molar-refractivity contribution in [3.05, 3.63) is 370 Å². The Hall–Kier alpha value is -13.3. The first-order chi connectivity index (χ1) is 54.3. The van der Waals surface area contributed by atoms with Gasteiger partial charge < -0.3 is 13.4 Å². The topological polar surface area (TPSA) is 31.2 Å². The predicted octanol–water partition coefficient (Wildman–Crippen LogP) is 27.7. The van der Waals surface area contributed by atoms with Crippen LogP contribution in [0, 0.1) is 0 Å². The smallest absolute Gasteiger partial charge is 0.143 e. The molecule has 0 amide bonds. The number of fused-ring (bicyclic) bond motifs is 14. The zero-order valence-corrected chi connectivity index (χ0v) is 54.2. The number of furan rings is 2. The number of benzene rings is 18. The zero-order chi connectivity index (χ0) is 75.2. The molecule has 0 spiro atoms. The van der Waals surface area contributed by atoms with Gasteiger partial charge in [-0.15, -0.1) is 0 Å². The van der Waals surface area contributed by atoms with Crippen molar-refractivity contribution in [3.63, 3.8) is 0 Å². The normalized spacial score (nSPS) is 13.1. The van der Waals surface area contributed by atoms with Crippen LogP contribution in [-0.2, 0) is 0 Å². The number of nitrogens with zero attached hydrogens (tertiary/aromatic N) is 1. The molecule has 0 N–H and O–H groups in total. The highest BCUT2D eigenvalue weighted by atomic mass is 16.3. The van der Waals surface area contributed by atoms with Crippen molar-refractivity contribution in [3.8, 4) is 83.6 Å². The highest BCUT2D eigenvalue weighted by Crippen LogP contribution is 2.51. The fourth-order valence-electron chi connectivity index (χ4n) is 16.1. The maximum absolute atomic E-state index is 8.96. The zero-order valence-electron chi connectivity index (χ0n) is 64.2. The van der Waals surface area contributed by atoms with Crippen LogP contribution >= 0.6 is 0 Å². The minimum Gasteiger partial charge on any atom is -0.456 e. The summed E-state index contributed by atoms with van der Waals surface area (Å²) in [5.41, 5.74) is 18.8. The van der Waals surface area contributed by atoms with Gasteiger partial charge in [0.2, 0.25) is 0 Å². The van der Waals surface area contributed by atoms with Crippen LogP contribution < -0.4 is 0 Å². The summed E-state index contributed by atoms with van der Waals surface area (Å²) in [7, 11) is 0. The third-order valence-electron chi connectivity index (χ3n) is 20.2. The summed E-state index contributed by atoms with van der Waals surface area (Å²) in [6.07, 6.45) is 0. The lowest BCUT2D eigenvalue weighted by atomic mass is 9.83. The summed E-state index contributed by atoms with van der Waals surface area (Å²) in [6.45, 7) is 0. The van der Waals surface area contributed by atoms with Gasteiger partial charge in [-0.25, -0.2) is 0 Å². The SMILES string of the molecule is [2H]c1c([2H])c([2H])c(-c2c3ccccc3c(-c3ccc(-c4cccc5oc6c(-c7ccccc7)cccc6c45)c4ccccc34)c3ccccc23)c([2H])c1[2H].[2H]c1c([2H])c([2H])c(-c2c3ccccc3c(-c3cccc(-c4ccc5oc6ccccc6c5c4-n4c5ccccc5c5ccccc54)c3)c3ccccc23)c([2H])c1[2H]. The number of aromatic nitrogens is 1. The molecule has 0 aliphatic heterocycles. The maximum Gasteiger partial charge on any atom is 0.143 e. The van der Waals surface area contributed by atoms with Crippen molar-refractivity contribution in [2.45, 2.75) is 0 Å². The summed E-state index contributed by atoms with van der Waals surface area (Å²) in [4.78, 5) is 0. The molecule has 0 radical (unpaired) electrons. The molecule has 0 unspecified atom stereocenters. The third kappa shape index (κ3) is 9.28. The van der Waals surface area contributed by atoms with Crippen LogP contribution in [0.1, 0.15) is 13.7 Å². The van der Waals surface area contributed by atoms with Gasteiger partial charge in [0.05, 0.1) is 35.8 Å². The molecular weight excluding hydrogens is 1220 g/mol. The molecular formula is C98H61NO2. The van der Waals surface area contributed by atoms with Crippen molar-refractivity contribution in [2.24, 2.45) is 0 Å². The van der Waals surface area contributed by atoms with Gasteiger partial charge in [-0.3, -0.25) is 0 Å². The molecule has 3 heterocycles. The third-order valence-corrected chi connectivity index (χ3v) is 20.2. The fraction of sp³-hybridized carbons (Fsp3) is 0. The molecule has 470 valence electrons. The lowest BCUT2D eigenvalue weighted by Crippen LogP contribution is -1.98. The Morgan fingerprint density at radius 2 is 0.614 bits per heavy atom. The summed E-state index contributed by atoms with van der Waals surface area (Å²) in [6, 6.07) is 103. The molecule has 101 heavy (non-hydrogen) atoms. The highest BCUT2D eigenvalue weighted by Gasteiger charge is 2.25. The Labute approximate surface area is 597 Å². The largest absolute Gasteiger partial charge is 0.456 e. The van der Waals surface area contributed by atoms with E-state index in [-0.39, 0.29) is 59.5 Å². The van der Waals surface area contributed by atoms with Gasteiger partial charge in [-0.1, -0.05) is 327 Å². The molecule has 0 saturated carbocycles. The number of para-hydroxylation sites is 4. The average Bonchev–Trinajstić information content (AvgIpc) is 1.59. The van der Waals surface area contributed by atoms with Crippen LogP contribution in [0.5, 0.6) is 0 Å². The summed E-state index contributed by atoms with van der Waals surface area (Å²) >= 11 is 0. The lowest BCUT2D eigenvalue weighted by molar-refractivity contribution is 0.669. The van der Waals surface area contributed by atoms with Crippen molar-refractivity contribution in [2.75, 3.05) is 0 Å². The second-order valence-corrected chi connectivity index (χ2v) is 25.6. The minimum absolute atomic E-state index is 0.199. The van der Waals surface area contributed by atoms with Gasteiger partial charge in [-0.05, 0) is 163 Å². The van der Waals surface area contributed by atoms with Crippen LogP contribution in [0.15, 0.2) is 379 Å². The Morgan fingerprint density at radius 3 is 1.20 bits per heavy atom. The predicted molar refractivity (Wildman–Crippen MR) is 427 cm³/mol. The van der Waals surface area contributed by atoms with Gasteiger partial charge in [0.1, 0.15) is 22.3 Å². The molecule has 0 bridgehead atoms. The first-order valence-electron chi connectivity index (χ1n) is 38.9. The van der Waals surface area contributed by atoms with E-state index in [1.54, 1.807) is 0 Å². The van der Waals surface area contributed by atoms with Gasteiger partial charge in [-0.2, -0.15) is 0 Å². The average molecular weight is 1290 g/mol. The van der Waals surface area contributed by atoms with Crippen molar-refractivity contribution >= 4 is 120 Å².